The zero-order valence-corrected chi connectivity index (χ0v) is 17.8. The Morgan fingerprint density at radius 2 is 0.970 bits per heavy atom. The molecule has 4 nitrogen and oxygen atoms in total. The lowest BCUT2D eigenvalue weighted by Gasteiger charge is -2.12. The van der Waals surface area contributed by atoms with Crippen LogP contribution in [0.3, 0.4) is 0 Å². The number of H-pyrrole nitrogens is 2. The average molecular weight is 431 g/mol. The van der Waals surface area contributed by atoms with Crippen molar-refractivity contribution in [3.05, 3.63) is 108 Å². The molecule has 0 aliphatic carbocycles. The number of hydrogen-bond donors (Lipinski definition) is 4. The van der Waals surface area contributed by atoms with Crippen molar-refractivity contribution in [1.29, 1.82) is 0 Å². The van der Waals surface area contributed by atoms with Gasteiger partial charge in [-0.15, -0.1) is 0 Å². The van der Waals surface area contributed by atoms with Crippen LogP contribution in [-0.4, -0.2) is 20.2 Å². The molecule has 4 aromatic carbocycles. The van der Waals surface area contributed by atoms with E-state index in [0.717, 1.165) is 55.4 Å². The number of aromatic hydroxyl groups is 2. The van der Waals surface area contributed by atoms with E-state index >= 15 is 0 Å². The van der Waals surface area contributed by atoms with Gasteiger partial charge in [0.2, 0.25) is 0 Å². The second-order valence-corrected chi connectivity index (χ2v) is 8.34. The lowest BCUT2D eigenvalue weighted by molar-refractivity contribution is 0.465. The van der Waals surface area contributed by atoms with Crippen molar-refractivity contribution < 1.29 is 10.2 Å². The SMILES string of the molecule is Oc1c(Cc2cccc(-c3cc4ccccc4[nH]3)c2O)cccc1-c1cc2ccccc2[nH]1. The fourth-order valence-corrected chi connectivity index (χ4v) is 4.54. The molecule has 0 aliphatic rings. The molecule has 2 heterocycles. The molecule has 0 radical (unpaired) electrons. The molecule has 0 saturated carbocycles. The van der Waals surface area contributed by atoms with E-state index in [4.69, 9.17) is 0 Å². The number of phenolic OH excluding ortho intramolecular Hbond substituents is 2. The summed E-state index contributed by atoms with van der Waals surface area (Å²) in [5.74, 6) is 0.443. The first-order valence-corrected chi connectivity index (χ1v) is 11.0. The molecule has 2 aromatic heterocycles. The molecule has 0 saturated heterocycles. The molecular formula is C29H22N2O2. The summed E-state index contributed by atoms with van der Waals surface area (Å²) in [4.78, 5) is 6.77. The van der Waals surface area contributed by atoms with Gasteiger partial charge in [-0.25, -0.2) is 0 Å². The molecule has 0 unspecified atom stereocenters. The van der Waals surface area contributed by atoms with Crippen molar-refractivity contribution in [3.8, 4) is 34.0 Å². The second-order valence-electron chi connectivity index (χ2n) is 8.34. The van der Waals surface area contributed by atoms with Gasteiger partial charge < -0.3 is 20.2 Å². The highest BCUT2D eigenvalue weighted by Gasteiger charge is 2.16. The number of hydrogen-bond acceptors (Lipinski definition) is 2. The Morgan fingerprint density at radius 1 is 0.515 bits per heavy atom. The van der Waals surface area contributed by atoms with Crippen LogP contribution in [0.15, 0.2) is 97.1 Å². The van der Waals surface area contributed by atoms with Gasteiger partial charge in [-0.1, -0.05) is 60.7 Å². The minimum Gasteiger partial charge on any atom is -0.507 e. The molecule has 0 spiro atoms. The van der Waals surface area contributed by atoms with Crippen LogP contribution in [0.2, 0.25) is 0 Å². The van der Waals surface area contributed by atoms with Gasteiger partial charge in [0, 0.05) is 39.4 Å². The van der Waals surface area contributed by atoms with E-state index in [0.29, 0.717) is 6.42 Å². The molecule has 4 N–H and O–H groups in total. The van der Waals surface area contributed by atoms with E-state index in [2.05, 4.69) is 9.97 Å². The summed E-state index contributed by atoms with van der Waals surface area (Å²) in [5.41, 5.74) is 6.80. The van der Waals surface area contributed by atoms with E-state index in [1.165, 1.54) is 0 Å². The second kappa shape index (κ2) is 7.61. The van der Waals surface area contributed by atoms with Crippen LogP contribution in [0.4, 0.5) is 0 Å². The predicted molar refractivity (Wildman–Crippen MR) is 134 cm³/mol. The number of para-hydroxylation sites is 4. The maximum atomic E-state index is 11.1. The molecule has 0 aliphatic heterocycles. The van der Waals surface area contributed by atoms with Crippen molar-refractivity contribution in [1.82, 2.24) is 9.97 Å². The number of nitrogens with one attached hydrogen (secondary N) is 2. The molecule has 6 aromatic rings. The number of fused-ring (bicyclic) bond motifs is 2. The lowest BCUT2D eigenvalue weighted by Crippen LogP contribution is -1.93. The van der Waals surface area contributed by atoms with Crippen LogP contribution < -0.4 is 0 Å². The molecule has 6 rings (SSSR count). The van der Waals surface area contributed by atoms with Gasteiger partial charge in [0.05, 0.1) is 11.4 Å². The number of aromatic amines is 2. The van der Waals surface area contributed by atoms with E-state index in [1.54, 1.807) is 0 Å². The first kappa shape index (κ1) is 19.3. The van der Waals surface area contributed by atoms with Crippen LogP contribution in [0.25, 0.3) is 44.3 Å². The van der Waals surface area contributed by atoms with Gasteiger partial charge in [-0.3, -0.25) is 0 Å². The number of phenols is 2. The van der Waals surface area contributed by atoms with E-state index in [1.807, 2.05) is 97.1 Å². The summed E-state index contributed by atoms with van der Waals surface area (Å²) in [6.07, 6.45) is 0.416. The summed E-state index contributed by atoms with van der Waals surface area (Å²) >= 11 is 0. The molecule has 33 heavy (non-hydrogen) atoms. The van der Waals surface area contributed by atoms with Crippen LogP contribution in [0.5, 0.6) is 11.5 Å². The van der Waals surface area contributed by atoms with Gasteiger partial charge in [0.1, 0.15) is 11.5 Å². The summed E-state index contributed by atoms with van der Waals surface area (Å²) in [7, 11) is 0. The van der Waals surface area contributed by atoms with E-state index in [9.17, 15) is 10.2 Å². The highest BCUT2D eigenvalue weighted by molar-refractivity contribution is 5.88. The van der Waals surface area contributed by atoms with Crippen LogP contribution in [0, 0.1) is 0 Å². The van der Waals surface area contributed by atoms with Gasteiger partial charge in [0.15, 0.2) is 0 Å². The van der Waals surface area contributed by atoms with Crippen molar-refractivity contribution in [2.45, 2.75) is 6.42 Å². The van der Waals surface area contributed by atoms with Crippen LogP contribution in [0.1, 0.15) is 11.1 Å². The lowest BCUT2D eigenvalue weighted by atomic mass is 9.97. The molecule has 0 bridgehead atoms. The minimum atomic E-state index is 0.222. The topological polar surface area (TPSA) is 72.0 Å². The highest BCUT2D eigenvalue weighted by Crippen LogP contribution is 2.38. The molecule has 0 atom stereocenters. The Bertz CT molecular complexity index is 1440. The monoisotopic (exact) mass is 430 g/mol. The van der Waals surface area contributed by atoms with E-state index in [-0.39, 0.29) is 11.5 Å². The average Bonchev–Trinajstić information content (AvgIpc) is 3.45. The van der Waals surface area contributed by atoms with Crippen molar-refractivity contribution >= 4 is 21.8 Å². The fourth-order valence-electron chi connectivity index (χ4n) is 4.54. The molecule has 160 valence electrons. The van der Waals surface area contributed by atoms with Crippen molar-refractivity contribution in [2.75, 3.05) is 0 Å². The third kappa shape index (κ3) is 3.33. The van der Waals surface area contributed by atoms with Crippen LogP contribution in [-0.2, 0) is 6.42 Å². The Hall–Kier alpha value is -4.44. The Morgan fingerprint density at radius 3 is 1.42 bits per heavy atom. The maximum Gasteiger partial charge on any atom is 0.128 e. The molecule has 0 amide bonds. The summed E-state index contributed by atoms with van der Waals surface area (Å²) in [5, 5.41) is 24.4. The van der Waals surface area contributed by atoms with Gasteiger partial charge >= 0.3 is 0 Å². The predicted octanol–water partition coefficient (Wildman–Crippen LogP) is 6.99. The quantitative estimate of drug-likeness (QED) is 0.243. The summed E-state index contributed by atoms with van der Waals surface area (Å²) in [6.45, 7) is 0. The van der Waals surface area contributed by atoms with Crippen molar-refractivity contribution in [3.63, 3.8) is 0 Å². The third-order valence-corrected chi connectivity index (χ3v) is 6.26. The largest absolute Gasteiger partial charge is 0.507 e. The standard InChI is InChI=1S/C29H22N2O2/c32-28-20(9-5-11-22(28)26-16-18-7-1-3-13-24(18)30-26)15-21-10-6-12-23(29(21)33)27-17-19-8-2-4-14-25(19)31-27/h1-14,16-17,30-33H,15H2. The maximum absolute atomic E-state index is 11.1. The smallest absolute Gasteiger partial charge is 0.128 e. The zero-order valence-electron chi connectivity index (χ0n) is 17.8. The van der Waals surface area contributed by atoms with Gasteiger partial charge in [-0.05, 0) is 47.5 Å². The Balaban J connectivity index is 1.38. The molecule has 4 heteroatoms. The fraction of sp³-hybridized carbons (Fsp3) is 0.0345. The molecular weight excluding hydrogens is 408 g/mol. The number of aromatic nitrogens is 2. The first-order valence-electron chi connectivity index (χ1n) is 11.0. The summed E-state index contributed by atoms with van der Waals surface area (Å²) in [6, 6.07) is 31.7. The zero-order chi connectivity index (χ0) is 22.4. The van der Waals surface area contributed by atoms with Gasteiger partial charge in [-0.2, -0.15) is 0 Å². The minimum absolute atomic E-state index is 0.222. The van der Waals surface area contributed by atoms with Gasteiger partial charge in [0.25, 0.3) is 0 Å². The normalized spacial score (nSPS) is 11.4. The Kier molecular flexibility index (Phi) is 4.44. The number of rotatable bonds is 4. The first-order chi connectivity index (χ1) is 16.2. The highest BCUT2D eigenvalue weighted by atomic mass is 16.3. The third-order valence-electron chi connectivity index (χ3n) is 6.26. The number of benzene rings is 4. The Labute approximate surface area is 190 Å². The van der Waals surface area contributed by atoms with E-state index < -0.39 is 0 Å². The van der Waals surface area contributed by atoms with Crippen LogP contribution >= 0.6 is 0 Å². The summed E-state index contributed by atoms with van der Waals surface area (Å²) < 4.78 is 0. The van der Waals surface area contributed by atoms with Crippen molar-refractivity contribution in [2.24, 2.45) is 0 Å². The molecule has 0 fully saturated rings.